The summed E-state index contributed by atoms with van der Waals surface area (Å²) in [5.41, 5.74) is 0.473. The second-order valence-electron chi connectivity index (χ2n) is 7.18. The normalized spacial score (nSPS) is 20.8. The molecule has 0 radical (unpaired) electrons. The zero-order chi connectivity index (χ0) is 20.6. The van der Waals surface area contributed by atoms with Gasteiger partial charge in [-0.3, -0.25) is 4.79 Å². The molecule has 0 aliphatic heterocycles. The molecule has 2 unspecified atom stereocenters. The van der Waals surface area contributed by atoms with Gasteiger partial charge in [0.2, 0.25) is 5.88 Å². The van der Waals surface area contributed by atoms with Crippen LogP contribution in [0.15, 0.2) is 30.6 Å². The van der Waals surface area contributed by atoms with Crippen LogP contribution in [0.25, 0.3) is 5.65 Å². The number of nitrogens with zero attached hydrogens (tertiary/aromatic N) is 4. The van der Waals surface area contributed by atoms with Crippen molar-refractivity contribution >= 4 is 28.9 Å². The van der Waals surface area contributed by atoms with Gasteiger partial charge in [-0.25, -0.2) is 9.97 Å². The molecule has 152 valence electrons. The summed E-state index contributed by atoms with van der Waals surface area (Å²) in [6, 6.07) is 5.09. The van der Waals surface area contributed by atoms with Crippen LogP contribution < -0.4 is 20.7 Å². The molecule has 0 spiro atoms. The average Bonchev–Trinajstić information content (AvgIpc) is 3.15. The molecular weight excluding hydrogens is 374 g/mol. The van der Waals surface area contributed by atoms with E-state index in [4.69, 9.17) is 4.74 Å². The van der Waals surface area contributed by atoms with Crippen molar-refractivity contribution in [2.24, 2.45) is 0 Å². The van der Waals surface area contributed by atoms with Crippen molar-refractivity contribution in [1.82, 2.24) is 24.9 Å². The fourth-order valence-electron chi connectivity index (χ4n) is 3.32. The molecule has 1 aliphatic carbocycles. The van der Waals surface area contributed by atoms with Crippen LogP contribution in [-0.4, -0.2) is 56.4 Å². The van der Waals surface area contributed by atoms with Gasteiger partial charge in [-0.15, -0.1) is 0 Å². The zero-order valence-corrected chi connectivity index (χ0v) is 16.4. The van der Waals surface area contributed by atoms with Crippen molar-refractivity contribution < 1.29 is 14.6 Å². The molecule has 3 aromatic rings. The molecule has 1 saturated carbocycles. The average molecular weight is 397 g/mol. The van der Waals surface area contributed by atoms with Crippen LogP contribution in [-0.2, 0) is 0 Å². The van der Waals surface area contributed by atoms with E-state index in [1.807, 2.05) is 6.07 Å². The quantitative estimate of drug-likeness (QED) is 0.494. The standard InChI is InChI=1S/C19H23N7O3/c1-19(28)7-6-13(19)24-17(27)11-10-22-26-15(20-2)9-14(25-16(11)26)23-12-5-4-8-21-18(12)29-3/h4-5,8-10,13,20,28H,6-7H2,1-3H3,(H,23,25)(H,24,27). The van der Waals surface area contributed by atoms with Gasteiger partial charge < -0.3 is 25.8 Å². The number of fused-ring (bicyclic) bond motifs is 1. The molecule has 2 atom stereocenters. The van der Waals surface area contributed by atoms with Crippen LogP contribution in [0.3, 0.4) is 0 Å². The van der Waals surface area contributed by atoms with E-state index >= 15 is 0 Å². The predicted molar refractivity (Wildman–Crippen MR) is 108 cm³/mol. The summed E-state index contributed by atoms with van der Waals surface area (Å²) in [5, 5.41) is 23.6. The van der Waals surface area contributed by atoms with Crippen LogP contribution >= 0.6 is 0 Å². The Labute approximate surface area is 167 Å². The van der Waals surface area contributed by atoms with E-state index in [-0.39, 0.29) is 11.9 Å². The highest BCUT2D eigenvalue weighted by Crippen LogP contribution is 2.32. The molecule has 10 heteroatoms. The predicted octanol–water partition coefficient (Wildman–Crippen LogP) is 1.56. The van der Waals surface area contributed by atoms with Crippen molar-refractivity contribution in [2.45, 2.75) is 31.4 Å². The number of anilines is 3. The SMILES string of the molecule is CNc1cc(Nc2cccnc2OC)nc2c(C(=O)NC3CCC3(C)O)cnn12. The third kappa shape index (κ3) is 3.42. The fourth-order valence-corrected chi connectivity index (χ4v) is 3.32. The first-order chi connectivity index (χ1) is 13.9. The molecule has 3 heterocycles. The van der Waals surface area contributed by atoms with Crippen LogP contribution in [0, 0.1) is 0 Å². The van der Waals surface area contributed by atoms with E-state index < -0.39 is 5.60 Å². The van der Waals surface area contributed by atoms with E-state index in [0.29, 0.717) is 40.8 Å². The van der Waals surface area contributed by atoms with E-state index in [9.17, 15) is 9.90 Å². The minimum absolute atomic E-state index is 0.283. The van der Waals surface area contributed by atoms with Gasteiger partial charge in [0.1, 0.15) is 22.9 Å². The number of ether oxygens (including phenoxy) is 1. The van der Waals surface area contributed by atoms with Gasteiger partial charge in [0.15, 0.2) is 5.65 Å². The van der Waals surface area contributed by atoms with E-state index in [0.717, 1.165) is 6.42 Å². The minimum atomic E-state index is -0.883. The maximum atomic E-state index is 12.8. The summed E-state index contributed by atoms with van der Waals surface area (Å²) in [6.45, 7) is 1.72. The highest BCUT2D eigenvalue weighted by atomic mass is 16.5. The lowest BCUT2D eigenvalue weighted by molar-refractivity contribution is -0.0486. The highest BCUT2D eigenvalue weighted by molar-refractivity contribution is 6.00. The molecule has 10 nitrogen and oxygen atoms in total. The molecular formula is C19H23N7O3. The number of carbonyl (C=O) groups is 1. The Morgan fingerprint density at radius 1 is 1.45 bits per heavy atom. The molecule has 4 rings (SSSR count). The number of carbonyl (C=O) groups excluding carboxylic acids is 1. The maximum Gasteiger partial charge on any atom is 0.257 e. The number of pyridine rings is 1. The number of aromatic nitrogens is 4. The first-order valence-electron chi connectivity index (χ1n) is 9.29. The number of rotatable bonds is 6. The maximum absolute atomic E-state index is 12.8. The molecule has 0 saturated heterocycles. The highest BCUT2D eigenvalue weighted by Gasteiger charge is 2.42. The van der Waals surface area contributed by atoms with E-state index in [1.165, 1.54) is 13.3 Å². The van der Waals surface area contributed by atoms with Crippen molar-refractivity contribution in [1.29, 1.82) is 0 Å². The van der Waals surface area contributed by atoms with Crippen LogP contribution in [0.5, 0.6) is 5.88 Å². The number of methoxy groups -OCH3 is 1. The van der Waals surface area contributed by atoms with Gasteiger partial charge in [0.25, 0.3) is 5.91 Å². The third-order valence-electron chi connectivity index (χ3n) is 5.19. The second kappa shape index (κ2) is 7.21. The lowest BCUT2D eigenvalue weighted by atomic mass is 9.76. The van der Waals surface area contributed by atoms with Gasteiger partial charge in [0.05, 0.1) is 24.9 Å². The van der Waals surface area contributed by atoms with Gasteiger partial charge >= 0.3 is 0 Å². The largest absolute Gasteiger partial charge is 0.480 e. The summed E-state index contributed by atoms with van der Waals surface area (Å²) >= 11 is 0. The third-order valence-corrected chi connectivity index (χ3v) is 5.19. The minimum Gasteiger partial charge on any atom is -0.480 e. The molecule has 1 amide bonds. The van der Waals surface area contributed by atoms with Gasteiger partial charge in [0, 0.05) is 19.3 Å². The molecule has 1 aliphatic rings. The Bertz CT molecular complexity index is 1060. The Morgan fingerprint density at radius 2 is 2.28 bits per heavy atom. The molecule has 4 N–H and O–H groups in total. The summed E-state index contributed by atoms with van der Waals surface area (Å²) in [4.78, 5) is 21.5. The lowest BCUT2D eigenvalue weighted by Crippen LogP contribution is -2.58. The van der Waals surface area contributed by atoms with Crippen LogP contribution in [0.2, 0.25) is 0 Å². The number of hydrogen-bond acceptors (Lipinski definition) is 8. The number of aliphatic hydroxyl groups is 1. The first kappa shape index (κ1) is 18.9. The van der Waals surface area contributed by atoms with Crippen LogP contribution in [0.1, 0.15) is 30.1 Å². The number of hydrogen-bond donors (Lipinski definition) is 4. The first-order valence-corrected chi connectivity index (χ1v) is 9.29. The summed E-state index contributed by atoms with van der Waals surface area (Å²) in [7, 11) is 3.30. The van der Waals surface area contributed by atoms with Crippen molar-refractivity contribution in [2.75, 3.05) is 24.8 Å². The molecule has 1 fully saturated rings. The summed E-state index contributed by atoms with van der Waals surface area (Å²) < 4.78 is 6.82. The van der Waals surface area contributed by atoms with Crippen molar-refractivity contribution in [3.63, 3.8) is 0 Å². The van der Waals surface area contributed by atoms with Crippen molar-refractivity contribution in [3.05, 3.63) is 36.2 Å². The smallest absolute Gasteiger partial charge is 0.257 e. The zero-order valence-electron chi connectivity index (χ0n) is 16.4. The Morgan fingerprint density at radius 3 is 2.93 bits per heavy atom. The molecule has 0 bridgehead atoms. The second-order valence-corrected chi connectivity index (χ2v) is 7.18. The Kier molecular flexibility index (Phi) is 4.71. The number of amides is 1. The summed E-state index contributed by atoms with van der Waals surface area (Å²) in [6.07, 6.45) is 4.51. The molecule has 29 heavy (non-hydrogen) atoms. The molecule has 0 aromatic carbocycles. The van der Waals surface area contributed by atoms with Crippen molar-refractivity contribution in [3.8, 4) is 5.88 Å². The van der Waals surface area contributed by atoms with E-state index in [1.54, 1.807) is 36.8 Å². The summed E-state index contributed by atoms with van der Waals surface area (Å²) in [5.74, 6) is 1.25. The number of nitrogens with one attached hydrogen (secondary N) is 3. The van der Waals surface area contributed by atoms with Gasteiger partial charge in [-0.05, 0) is 31.9 Å². The Hall–Kier alpha value is -3.40. The Balaban J connectivity index is 1.69. The molecule has 3 aromatic heterocycles. The van der Waals surface area contributed by atoms with E-state index in [2.05, 4.69) is 31.0 Å². The fraction of sp³-hybridized carbons (Fsp3) is 0.368. The van der Waals surface area contributed by atoms with Gasteiger partial charge in [-0.1, -0.05) is 0 Å². The lowest BCUT2D eigenvalue weighted by Gasteiger charge is -2.42. The topological polar surface area (TPSA) is 126 Å². The monoisotopic (exact) mass is 397 g/mol. The van der Waals surface area contributed by atoms with Gasteiger partial charge in [-0.2, -0.15) is 9.61 Å². The van der Waals surface area contributed by atoms with Crippen LogP contribution in [0.4, 0.5) is 17.3 Å².